The van der Waals surface area contributed by atoms with Gasteiger partial charge in [-0.25, -0.2) is 9.37 Å². The van der Waals surface area contributed by atoms with Crippen LogP contribution in [0.25, 0.3) is 0 Å². The second-order valence-corrected chi connectivity index (χ2v) is 5.74. The summed E-state index contributed by atoms with van der Waals surface area (Å²) in [6.45, 7) is 1.90. The van der Waals surface area contributed by atoms with Gasteiger partial charge in [0.1, 0.15) is 11.0 Å². The van der Waals surface area contributed by atoms with Crippen LogP contribution in [0.4, 0.5) is 4.39 Å². The summed E-state index contributed by atoms with van der Waals surface area (Å²) in [5, 5.41) is -0.00196. The van der Waals surface area contributed by atoms with Gasteiger partial charge in [0, 0.05) is 32.1 Å². The van der Waals surface area contributed by atoms with Gasteiger partial charge < -0.3 is 9.80 Å². The molecule has 0 radical (unpaired) electrons. The third-order valence-corrected chi connectivity index (χ3v) is 4.14. The smallest absolute Gasteiger partial charge is 0.257 e. The highest BCUT2D eigenvalue weighted by Crippen LogP contribution is 2.31. The van der Waals surface area contributed by atoms with E-state index in [0.717, 1.165) is 25.1 Å². The lowest BCUT2D eigenvalue weighted by Gasteiger charge is -2.35. The Hall–Kier alpha value is -1.69. The molecule has 1 aromatic heterocycles. The van der Waals surface area contributed by atoms with E-state index in [9.17, 15) is 14.0 Å². The van der Waals surface area contributed by atoms with Crippen molar-refractivity contribution in [2.45, 2.75) is 12.8 Å². The van der Waals surface area contributed by atoms with Crippen LogP contribution in [0.15, 0.2) is 12.3 Å². The maximum absolute atomic E-state index is 13.2. The van der Waals surface area contributed by atoms with E-state index in [2.05, 4.69) is 4.98 Å². The normalized spacial score (nSPS) is 18.8. The summed E-state index contributed by atoms with van der Waals surface area (Å²) in [7, 11) is 0. The van der Waals surface area contributed by atoms with Crippen LogP contribution < -0.4 is 0 Å². The fourth-order valence-corrected chi connectivity index (χ4v) is 2.65. The summed E-state index contributed by atoms with van der Waals surface area (Å²) in [6.07, 6.45) is 2.93. The summed E-state index contributed by atoms with van der Waals surface area (Å²) >= 11 is 5.85. The first-order valence-electron chi connectivity index (χ1n) is 6.95. The average molecular weight is 312 g/mol. The molecule has 0 atom stereocenters. The highest BCUT2D eigenvalue weighted by Gasteiger charge is 2.35. The van der Waals surface area contributed by atoms with E-state index in [-0.39, 0.29) is 28.4 Å². The van der Waals surface area contributed by atoms with Crippen LogP contribution in [0.5, 0.6) is 0 Å². The zero-order valence-corrected chi connectivity index (χ0v) is 12.1. The number of aromatic nitrogens is 1. The molecular formula is C14H15ClFN3O2. The molecule has 0 unspecified atom stereocenters. The zero-order chi connectivity index (χ0) is 15.0. The summed E-state index contributed by atoms with van der Waals surface area (Å²) in [6, 6.07) is 1.10. The predicted molar refractivity (Wildman–Crippen MR) is 74.4 cm³/mol. The molecule has 2 heterocycles. The molecule has 0 bridgehead atoms. The third kappa shape index (κ3) is 3.00. The van der Waals surface area contributed by atoms with Crippen molar-refractivity contribution in [3.8, 4) is 0 Å². The summed E-state index contributed by atoms with van der Waals surface area (Å²) in [5.41, 5.74) is 0.0682. The van der Waals surface area contributed by atoms with Crippen molar-refractivity contribution in [2.24, 2.45) is 5.92 Å². The van der Waals surface area contributed by atoms with E-state index >= 15 is 0 Å². The topological polar surface area (TPSA) is 53.5 Å². The molecule has 21 heavy (non-hydrogen) atoms. The molecule has 1 aliphatic heterocycles. The molecular weight excluding hydrogens is 297 g/mol. The van der Waals surface area contributed by atoms with E-state index < -0.39 is 5.82 Å². The van der Waals surface area contributed by atoms with E-state index in [1.165, 1.54) is 0 Å². The number of pyridine rings is 1. The lowest BCUT2D eigenvalue weighted by molar-refractivity contribution is -0.134. The minimum absolute atomic E-state index is 0.00196. The number of amides is 2. The Morgan fingerprint density at radius 2 is 1.81 bits per heavy atom. The van der Waals surface area contributed by atoms with Gasteiger partial charge in [-0.15, -0.1) is 0 Å². The van der Waals surface area contributed by atoms with Gasteiger partial charge >= 0.3 is 0 Å². The highest BCUT2D eigenvalue weighted by molar-refractivity contribution is 6.32. The van der Waals surface area contributed by atoms with E-state index in [1.807, 2.05) is 0 Å². The molecule has 3 rings (SSSR count). The summed E-state index contributed by atoms with van der Waals surface area (Å²) in [4.78, 5) is 31.3. The molecule has 0 aromatic carbocycles. The van der Waals surface area contributed by atoms with Crippen LogP contribution in [0.1, 0.15) is 23.2 Å². The third-order valence-electron chi connectivity index (χ3n) is 3.84. The Balaban J connectivity index is 1.64. The van der Waals surface area contributed by atoms with Crippen molar-refractivity contribution >= 4 is 23.4 Å². The number of rotatable bonds is 2. The van der Waals surface area contributed by atoms with Gasteiger partial charge in [0.05, 0.1) is 11.8 Å². The van der Waals surface area contributed by atoms with Gasteiger partial charge in [-0.3, -0.25) is 9.59 Å². The molecule has 1 saturated heterocycles. The number of carbonyl (C=O) groups excluding carboxylic acids is 2. The number of piperazine rings is 1. The van der Waals surface area contributed by atoms with Crippen molar-refractivity contribution in [3.63, 3.8) is 0 Å². The molecule has 1 saturated carbocycles. The first-order valence-corrected chi connectivity index (χ1v) is 7.33. The maximum atomic E-state index is 13.2. The zero-order valence-electron chi connectivity index (χ0n) is 11.4. The van der Waals surface area contributed by atoms with Gasteiger partial charge in [-0.1, -0.05) is 11.6 Å². The Morgan fingerprint density at radius 1 is 1.19 bits per heavy atom. The van der Waals surface area contributed by atoms with Crippen molar-refractivity contribution in [2.75, 3.05) is 26.2 Å². The van der Waals surface area contributed by atoms with Gasteiger partial charge in [0.15, 0.2) is 0 Å². The Labute approximate surface area is 126 Å². The minimum atomic E-state index is -0.592. The minimum Gasteiger partial charge on any atom is -0.339 e. The standard InChI is InChI=1S/C14H15ClFN3O2/c15-12-11(7-10(16)8-17-12)14(21)19-5-3-18(4-6-19)13(20)9-1-2-9/h7-9H,1-6H2. The summed E-state index contributed by atoms with van der Waals surface area (Å²) in [5.74, 6) is -0.558. The van der Waals surface area contributed by atoms with E-state index in [1.54, 1.807) is 9.80 Å². The van der Waals surface area contributed by atoms with Crippen LogP contribution in [0.3, 0.4) is 0 Å². The number of nitrogens with zero attached hydrogens (tertiary/aromatic N) is 3. The Bertz CT molecular complexity index is 584. The molecule has 1 aliphatic carbocycles. The number of hydrogen-bond acceptors (Lipinski definition) is 3. The lowest BCUT2D eigenvalue weighted by Crippen LogP contribution is -2.51. The Kier molecular flexibility index (Phi) is 3.80. The molecule has 2 amide bonds. The Morgan fingerprint density at radius 3 is 2.43 bits per heavy atom. The fourth-order valence-electron chi connectivity index (χ4n) is 2.46. The molecule has 5 nitrogen and oxygen atoms in total. The predicted octanol–water partition coefficient (Wildman–Crippen LogP) is 1.57. The molecule has 112 valence electrons. The van der Waals surface area contributed by atoms with Gasteiger partial charge in [0.2, 0.25) is 5.91 Å². The average Bonchev–Trinajstić information content (AvgIpc) is 3.33. The van der Waals surface area contributed by atoms with Crippen molar-refractivity contribution in [1.29, 1.82) is 0 Å². The molecule has 7 heteroatoms. The van der Waals surface area contributed by atoms with Crippen LogP contribution in [-0.2, 0) is 4.79 Å². The van der Waals surface area contributed by atoms with E-state index in [0.29, 0.717) is 26.2 Å². The van der Waals surface area contributed by atoms with Crippen LogP contribution in [0, 0.1) is 11.7 Å². The molecule has 2 fully saturated rings. The monoisotopic (exact) mass is 311 g/mol. The maximum Gasteiger partial charge on any atom is 0.257 e. The van der Waals surface area contributed by atoms with E-state index in [4.69, 9.17) is 11.6 Å². The van der Waals surface area contributed by atoms with Gasteiger partial charge in [0.25, 0.3) is 5.91 Å². The lowest BCUT2D eigenvalue weighted by atomic mass is 10.2. The first kappa shape index (κ1) is 14.3. The molecule has 0 spiro atoms. The van der Waals surface area contributed by atoms with Crippen LogP contribution >= 0.6 is 11.6 Å². The van der Waals surface area contributed by atoms with Crippen LogP contribution in [-0.4, -0.2) is 52.8 Å². The fraction of sp³-hybridized carbons (Fsp3) is 0.500. The van der Waals surface area contributed by atoms with Crippen molar-refractivity contribution in [1.82, 2.24) is 14.8 Å². The van der Waals surface area contributed by atoms with Gasteiger partial charge in [-0.05, 0) is 18.9 Å². The highest BCUT2D eigenvalue weighted by atomic mass is 35.5. The second-order valence-electron chi connectivity index (χ2n) is 5.38. The molecule has 1 aromatic rings. The largest absolute Gasteiger partial charge is 0.339 e. The quantitative estimate of drug-likeness (QED) is 0.779. The first-order chi connectivity index (χ1) is 10.1. The number of halogens is 2. The van der Waals surface area contributed by atoms with Crippen molar-refractivity contribution < 1.29 is 14.0 Å². The molecule has 0 N–H and O–H groups in total. The second kappa shape index (κ2) is 5.60. The van der Waals surface area contributed by atoms with Crippen LogP contribution in [0.2, 0.25) is 5.15 Å². The molecule has 2 aliphatic rings. The van der Waals surface area contributed by atoms with Gasteiger partial charge in [-0.2, -0.15) is 0 Å². The number of carbonyl (C=O) groups is 2. The SMILES string of the molecule is O=C(c1cc(F)cnc1Cl)N1CCN(C(=O)C2CC2)CC1. The van der Waals surface area contributed by atoms with Crippen molar-refractivity contribution in [3.05, 3.63) is 28.8 Å². The summed E-state index contributed by atoms with van der Waals surface area (Å²) < 4.78 is 13.2. The number of hydrogen-bond donors (Lipinski definition) is 0.